The number of nitrogens with zero attached hydrogens (tertiary/aromatic N) is 3. The number of aliphatic hydroxyl groups is 1. The lowest BCUT2D eigenvalue weighted by Crippen LogP contribution is -2.39. The molecule has 0 aliphatic carbocycles. The molecule has 3 rings (SSSR count). The summed E-state index contributed by atoms with van der Waals surface area (Å²) in [5, 5.41) is 12.7. The average Bonchev–Trinajstić information content (AvgIpc) is 3.21. The second-order valence-electron chi connectivity index (χ2n) is 6.09. The Morgan fingerprint density at radius 2 is 2.08 bits per heavy atom. The van der Waals surface area contributed by atoms with Crippen molar-refractivity contribution in [3.05, 3.63) is 41.1 Å². The van der Waals surface area contributed by atoms with E-state index in [1.807, 2.05) is 0 Å². The summed E-state index contributed by atoms with van der Waals surface area (Å²) < 4.78 is 44.6. The zero-order valence-corrected chi connectivity index (χ0v) is 13.6. The van der Waals surface area contributed by atoms with E-state index >= 15 is 0 Å². The van der Waals surface area contributed by atoms with Crippen LogP contribution in [0.4, 0.5) is 13.2 Å². The maximum atomic E-state index is 12.6. The second-order valence-corrected chi connectivity index (χ2v) is 6.09. The molecular formula is C16H18F3N3O3. The van der Waals surface area contributed by atoms with Crippen LogP contribution in [0.25, 0.3) is 0 Å². The molecule has 1 N–H and O–H groups in total. The fourth-order valence-corrected chi connectivity index (χ4v) is 3.01. The number of aromatic nitrogens is 2. The molecule has 0 unspecified atom stereocenters. The van der Waals surface area contributed by atoms with Crippen molar-refractivity contribution >= 4 is 5.91 Å². The van der Waals surface area contributed by atoms with Crippen molar-refractivity contribution in [1.29, 1.82) is 0 Å². The van der Waals surface area contributed by atoms with Gasteiger partial charge < -0.3 is 14.4 Å². The fraction of sp³-hybridized carbons (Fsp3) is 0.500. The maximum absolute atomic E-state index is 12.6. The van der Waals surface area contributed by atoms with Gasteiger partial charge in [-0.15, -0.1) is 0 Å². The molecule has 3 heterocycles. The monoisotopic (exact) mass is 357 g/mol. The lowest BCUT2D eigenvalue weighted by atomic mass is 10.0. The van der Waals surface area contributed by atoms with Crippen LogP contribution in [-0.4, -0.2) is 38.8 Å². The second kappa shape index (κ2) is 6.55. The van der Waals surface area contributed by atoms with E-state index < -0.39 is 11.9 Å². The molecule has 1 amide bonds. The third kappa shape index (κ3) is 3.55. The highest BCUT2D eigenvalue weighted by Crippen LogP contribution is 2.30. The van der Waals surface area contributed by atoms with Gasteiger partial charge in [0.25, 0.3) is 5.91 Å². The highest BCUT2D eigenvalue weighted by Gasteiger charge is 2.35. The fourth-order valence-electron chi connectivity index (χ4n) is 3.01. The Morgan fingerprint density at radius 3 is 2.60 bits per heavy atom. The van der Waals surface area contributed by atoms with Gasteiger partial charge in [-0.3, -0.25) is 9.48 Å². The van der Waals surface area contributed by atoms with Gasteiger partial charge in [0.2, 0.25) is 0 Å². The van der Waals surface area contributed by atoms with E-state index in [-0.39, 0.29) is 24.3 Å². The summed E-state index contributed by atoms with van der Waals surface area (Å²) in [4.78, 5) is 14.1. The molecule has 2 aromatic rings. The van der Waals surface area contributed by atoms with E-state index in [4.69, 9.17) is 9.52 Å². The standard InChI is InChI=1S/C16H18F3N3O3/c1-10-8-12(9-23)25-14(10)15(24)21-5-2-11(3-6-21)22-7-4-13(20-22)16(17,18)19/h4,7-8,11,23H,2-3,5-6,9H2,1H3. The SMILES string of the molecule is Cc1cc(CO)oc1C(=O)N1CCC(n2ccc(C(F)(F)F)n2)CC1. The first kappa shape index (κ1) is 17.5. The number of furan rings is 1. The van der Waals surface area contributed by atoms with Crippen LogP contribution >= 0.6 is 0 Å². The van der Waals surface area contributed by atoms with E-state index in [0.29, 0.717) is 37.3 Å². The molecule has 136 valence electrons. The van der Waals surface area contributed by atoms with Gasteiger partial charge in [-0.2, -0.15) is 18.3 Å². The number of carbonyl (C=O) groups excluding carboxylic acids is 1. The summed E-state index contributed by atoms with van der Waals surface area (Å²) in [6.07, 6.45) is -2.10. The van der Waals surface area contributed by atoms with Gasteiger partial charge >= 0.3 is 6.18 Å². The number of alkyl halides is 3. The Hall–Kier alpha value is -2.29. The maximum Gasteiger partial charge on any atom is 0.435 e. The van der Waals surface area contributed by atoms with Crippen molar-refractivity contribution in [3.63, 3.8) is 0 Å². The molecule has 0 bridgehead atoms. The zero-order valence-electron chi connectivity index (χ0n) is 13.6. The van der Waals surface area contributed by atoms with Crippen molar-refractivity contribution < 1.29 is 27.5 Å². The van der Waals surface area contributed by atoms with Crippen molar-refractivity contribution in [2.45, 2.75) is 38.6 Å². The quantitative estimate of drug-likeness (QED) is 0.917. The zero-order chi connectivity index (χ0) is 18.2. The Bertz CT molecular complexity index is 758. The average molecular weight is 357 g/mol. The molecule has 0 saturated carbocycles. The molecule has 1 saturated heterocycles. The Labute approximate surface area is 141 Å². The summed E-state index contributed by atoms with van der Waals surface area (Å²) in [6, 6.07) is 2.40. The van der Waals surface area contributed by atoms with E-state index in [0.717, 1.165) is 6.07 Å². The molecule has 0 radical (unpaired) electrons. The molecule has 9 heteroatoms. The number of carbonyl (C=O) groups is 1. The Kier molecular flexibility index (Phi) is 4.59. The molecular weight excluding hydrogens is 339 g/mol. The van der Waals surface area contributed by atoms with Crippen molar-refractivity contribution in [3.8, 4) is 0 Å². The summed E-state index contributed by atoms with van der Waals surface area (Å²) in [5.41, 5.74) is -0.258. The van der Waals surface area contributed by atoms with E-state index in [1.54, 1.807) is 17.9 Å². The van der Waals surface area contributed by atoms with Crippen LogP contribution in [0.2, 0.25) is 0 Å². The number of aryl methyl sites for hydroxylation is 1. The van der Waals surface area contributed by atoms with Crippen LogP contribution in [-0.2, 0) is 12.8 Å². The Balaban J connectivity index is 1.64. The third-order valence-electron chi connectivity index (χ3n) is 4.34. The molecule has 25 heavy (non-hydrogen) atoms. The van der Waals surface area contributed by atoms with Gasteiger partial charge in [-0.05, 0) is 31.9 Å². The molecule has 0 aromatic carbocycles. The van der Waals surface area contributed by atoms with E-state index in [2.05, 4.69) is 5.10 Å². The van der Waals surface area contributed by atoms with Crippen LogP contribution < -0.4 is 0 Å². The molecule has 0 spiro atoms. The lowest BCUT2D eigenvalue weighted by Gasteiger charge is -2.31. The van der Waals surface area contributed by atoms with Crippen molar-refractivity contribution in [2.24, 2.45) is 0 Å². The Morgan fingerprint density at radius 1 is 1.40 bits per heavy atom. The highest BCUT2D eigenvalue weighted by molar-refractivity contribution is 5.93. The van der Waals surface area contributed by atoms with Gasteiger partial charge in [0.15, 0.2) is 11.5 Å². The molecule has 1 aliphatic rings. The number of likely N-dealkylation sites (tertiary alicyclic amines) is 1. The largest absolute Gasteiger partial charge is 0.453 e. The van der Waals surface area contributed by atoms with Gasteiger partial charge in [0, 0.05) is 24.8 Å². The smallest absolute Gasteiger partial charge is 0.435 e. The third-order valence-corrected chi connectivity index (χ3v) is 4.34. The summed E-state index contributed by atoms with van der Waals surface area (Å²) >= 11 is 0. The predicted octanol–water partition coefficient (Wildman–Crippen LogP) is 2.77. The number of hydrogen-bond donors (Lipinski definition) is 1. The first-order chi connectivity index (χ1) is 11.8. The van der Waals surface area contributed by atoms with Crippen LogP contribution in [0.15, 0.2) is 22.7 Å². The molecule has 0 atom stereocenters. The molecule has 6 nitrogen and oxygen atoms in total. The summed E-state index contributed by atoms with van der Waals surface area (Å²) in [6.45, 7) is 2.25. The number of hydrogen-bond acceptors (Lipinski definition) is 4. The van der Waals surface area contributed by atoms with Gasteiger partial charge in [-0.1, -0.05) is 0 Å². The van der Waals surface area contributed by atoms with Crippen LogP contribution in [0.1, 0.15) is 46.5 Å². The van der Waals surface area contributed by atoms with Crippen LogP contribution in [0, 0.1) is 6.92 Å². The van der Waals surface area contributed by atoms with Gasteiger partial charge in [-0.25, -0.2) is 0 Å². The first-order valence-corrected chi connectivity index (χ1v) is 7.91. The number of rotatable bonds is 3. The topological polar surface area (TPSA) is 71.5 Å². The summed E-state index contributed by atoms with van der Waals surface area (Å²) in [5.74, 6) is 0.250. The van der Waals surface area contributed by atoms with Crippen molar-refractivity contribution in [2.75, 3.05) is 13.1 Å². The number of piperidine rings is 1. The number of aliphatic hydroxyl groups excluding tert-OH is 1. The number of halogens is 3. The minimum absolute atomic E-state index is 0.175. The van der Waals surface area contributed by atoms with Crippen LogP contribution in [0.3, 0.4) is 0 Å². The minimum atomic E-state index is -4.46. The van der Waals surface area contributed by atoms with Gasteiger partial charge in [0.05, 0.1) is 6.04 Å². The van der Waals surface area contributed by atoms with E-state index in [1.165, 1.54) is 10.9 Å². The van der Waals surface area contributed by atoms with E-state index in [9.17, 15) is 18.0 Å². The van der Waals surface area contributed by atoms with Crippen LogP contribution in [0.5, 0.6) is 0 Å². The summed E-state index contributed by atoms with van der Waals surface area (Å²) in [7, 11) is 0. The predicted molar refractivity (Wildman–Crippen MR) is 80.8 cm³/mol. The molecule has 1 fully saturated rings. The molecule has 1 aliphatic heterocycles. The first-order valence-electron chi connectivity index (χ1n) is 7.91. The minimum Gasteiger partial charge on any atom is -0.453 e. The lowest BCUT2D eigenvalue weighted by molar-refractivity contribution is -0.141. The van der Waals surface area contributed by atoms with Gasteiger partial charge in [0.1, 0.15) is 12.4 Å². The molecule has 2 aromatic heterocycles. The van der Waals surface area contributed by atoms with Crippen molar-refractivity contribution in [1.82, 2.24) is 14.7 Å². The normalized spacial score (nSPS) is 16.4. The number of amides is 1. The highest BCUT2D eigenvalue weighted by atomic mass is 19.4.